The highest BCUT2D eigenvalue weighted by atomic mass is 35.5. The molecule has 18 heavy (non-hydrogen) atoms. The van der Waals surface area contributed by atoms with Crippen LogP contribution in [-0.2, 0) is 4.79 Å². The third-order valence-electron chi connectivity index (χ3n) is 3.61. The number of carbonyl (C=O) groups is 1. The molecule has 110 valence electrons. The Balaban J connectivity index is 0. The zero-order chi connectivity index (χ0) is 12.1. The van der Waals surface area contributed by atoms with E-state index in [4.69, 9.17) is 0 Å². The van der Waals surface area contributed by atoms with Crippen LogP contribution in [0, 0.1) is 5.92 Å². The van der Waals surface area contributed by atoms with E-state index in [-0.39, 0.29) is 30.7 Å². The molecule has 1 aliphatic rings. The summed E-state index contributed by atoms with van der Waals surface area (Å²) in [4.78, 5) is 16.2. The summed E-state index contributed by atoms with van der Waals surface area (Å²) in [5.74, 6) is 0.767. The normalized spacial score (nSPS) is 23.8. The standard InChI is InChI=1S/C12H25N3O.2ClH/c1-5-15-7-6-11(10(2)9-15)14(4)12(16)8-13-3;;/h10-11,13H,5-9H2,1-4H3;2*1H. The van der Waals surface area contributed by atoms with Crippen LogP contribution in [0.1, 0.15) is 20.3 Å². The lowest BCUT2D eigenvalue weighted by Crippen LogP contribution is -2.51. The lowest BCUT2D eigenvalue weighted by molar-refractivity contribution is -0.133. The average molecular weight is 300 g/mol. The number of hydrogen-bond acceptors (Lipinski definition) is 3. The number of carbonyl (C=O) groups excluding carboxylic acids is 1. The van der Waals surface area contributed by atoms with E-state index >= 15 is 0 Å². The Hall–Kier alpha value is -0.0300. The Morgan fingerprint density at radius 3 is 2.50 bits per heavy atom. The molecule has 2 atom stereocenters. The van der Waals surface area contributed by atoms with Crippen LogP contribution < -0.4 is 5.32 Å². The summed E-state index contributed by atoms with van der Waals surface area (Å²) in [5.41, 5.74) is 0. The molecule has 1 fully saturated rings. The van der Waals surface area contributed by atoms with Crippen molar-refractivity contribution in [2.24, 2.45) is 5.92 Å². The molecule has 0 aromatic heterocycles. The summed E-state index contributed by atoms with van der Waals surface area (Å²) in [5, 5.41) is 2.92. The Morgan fingerprint density at radius 2 is 2.06 bits per heavy atom. The third-order valence-corrected chi connectivity index (χ3v) is 3.61. The Bertz CT molecular complexity index is 241. The predicted octanol–water partition coefficient (Wildman–Crippen LogP) is 1.24. The van der Waals surface area contributed by atoms with Gasteiger partial charge in [0, 0.05) is 26.2 Å². The molecule has 0 saturated carbocycles. The molecule has 0 aliphatic carbocycles. The van der Waals surface area contributed by atoms with Gasteiger partial charge in [0.2, 0.25) is 5.91 Å². The molecular formula is C12H27Cl2N3O. The van der Waals surface area contributed by atoms with Crippen molar-refractivity contribution >= 4 is 30.7 Å². The second-order valence-electron chi connectivity index (χ2n) is 4.76. The topological polar surface area (TPSA) is 35.6 Å². The van der Waals surface area contributed by atoms with E-state index in [0.29, 0.717) is 18.5 Å². The zero-order valence-corrected chi connectivity index (χ0v) is 13.4. The van der Waals surface area contributed by atoms with E-state index in [1.807, 2.05) is 19.0 Å². The molecule has 1 amide bonds. The smallest absolute Gasteiger partial charge is 0.236 e. The van der Waals surface area contributed by atoms with Crippen LogP contribution >= 0.6 is 24.8 Å². The molecule has 0 spiro atoms. The number of likely N-dealkylation sites (tertiary alicyclic amines) is 1. The first-order valence-corrected chi connectivity index (χ1v) is 6.22. The van der Waals surface area contributed by atoms with E-state index in [2.05, 4.69) is 24.1 Å². The van der Waals surface area contributed by atoms with Crippen LogP contribution in [0.25, 0.3) is 0 Å². The first kappa shape index (κ1) is 20.3. The van der Waals surface area contributed by atoms with E-state index < -0.39 is 0 Å². The van der Waals surface area contributed by atoms with Gasteiger partial charge in [-0.1, -0.05) is 13.8 Å². The molecule has 4 nitrogen and oxygen atoms in total. The highest BCUT2D eigenvalue weighted by Crippen LogP contribution is 2.20. The van der Waals surface area contributed by atoms with Crippen LogP contribution in [0.15, 0.2) is 0 Å². The maximum absolute atomic E-state index is 11.8. The van der Waals surface area contributed by atoms with Crippen molar-refractivity contribution in [2.75, 3.05) is 40.3 Å². The largest absolute Gasteiger partial charge is 0.341 e. The van der Waals surface area contributed by atoms with Gasteiger partial charge in [0.05, 0.1) is 6.54 Å². The summed E-state index contributed by atoms with van der Waals surface area (Å²) < 4.78 is 0. The van der Waals surface area contributed by atoms with Crippen molar-refractivity contribution in [3.8, 4) is 0 Å². The molecule has 6 heteroatoms. The summed E-state index contributed by atoms with van der Waals surface area (Å²) in [6, 6.07) is 0.406. The summed E-state index contributed by atoms with van der Waals surface area (Å²) in [7, 11) is 3.75. The molecule has 1 heterocycles. The Morgan fingerprint density at radius 1 is 1.44 bits per heavy atom. The highest BCUT2D eigenvalue weighted by molar-refractivity contribution is 5.85. The molecular weight excluding hydrogens is 273 g/mol. The van der Waals surface area contributed by atoms with Crippen molar-refractivity contribution in [3.05, 3.63) is 0 Å². The van der Waals surface area contributed by atoms with Gasteiger partial charge in [0.15, 0.2) is 0 Å². The van der Waals surface area contributed by atoms with Gasteiger partial charge in [-0.2, -0.15) is 0 Å². The lowest BCUT2D eigenvalue weighted by atomic mass is 9.92. The minimum absolute atomic E-state index is 0. The maximum Gasteiger partial charge on any atom is 0.236 e. The van der Waals surface area contributed by atoms with E-state index in [1.165, 1.54) is 0 Å². The molecule has 0 radical (unpaired) electrons. The van der Waals surface area contributed by atoms with Gasteiger partial charge in [0.1, 0.15) is 0 Å². The second-order valence-corrected chi connectivity index (χ2v) is 4.76. The monoisotopic (exact) mass is 299 g/mol. The summed E-state index contributed by atoms with van der Waals surface area (Å²) in [6.45, 7) is 8.22. The number of likely N-dealkylation sites (N-methyl/N-ethyl adjacent to an activating group) is 2. The van der Waals surface area contributed by atoms with Crippen LogP contribution in [0.5, 0.6) is 0 Å². The first-order chi connectivity index (χ1) is 7.60. The van der Waals surface area contributed by atoms with Gasteiger partial charge in [0.25, 0.3) is 0 Å². The predicted molar refractivity (Wildman–Crippen MR) is 80.9 cm³/mol. The van der Waals surface area contributed by atoms with E-state index in [9.17, 15) is 4.79 Å². The minimum Gasteiger partial charge on any atom is -0.341 e. The van der Waals surface area contributed by atoms with Crippen molar-refractivity contribution in [1.82, 2.24) is 15.1 Å². The number of hydrogen-bond donors (Lipinski definition) is 1. The number of halogens is 2. The van der Waals surface area contributed by atoms with Crippen LogP contribution in [0.3, 0.4) is 0 Å². The van der Waals surface area contributed by atoms with Crippen LogP contribution in [-0.4, -0.2) is 62.0 Å². The first-order valence-electron chi connectivity index (χ1n) is 6.22. The number of piperidine rings is 1. The molecule has 1 rings (SSSR count). The van der Waals surface area contributed by atoms with Gasteiger partial charge < -0.3 is 15.1 Å². The Kier molecular flexibility index (Phi) is 11.1. The summed E-state index contributed by atoms with van der Waals surface area (Å²) >= 11 is 0. The summed E-state index contributed by atoms with van der Waals surface area (Å²) in [6.07, 6.45) is 1.10. The van der Waals surface area contributed by atoms with Gasteiger partial charge >= 0.3 is 0 Å². The fourth-order valence-corrected chi connectivity index (χ4v) is 2.54. The SMILES string of the molecule is CCN1CCC(N(C)C(=O)CNC)C(C)C1.Cl.Cl. The van der Waals surface area contributed by atoms with Crippen molar-refractivity contribution < 1.29 is 4.79 Å². The fourth-order valence-electron chi connectivity index (χ4n) is 2.54. The lowest BCUT2D eigenvalue weighted by Gasteiger charge is -2.41. The van der Waals surface area contributed by atoms with Crippen molar-refractivity contribution in [3.63, 3.8) is 0 Å². The van der Waals surface area contributed by atoms with E-state index in [1.54, 1.807) is 0 Å². The van der Waals surface area contributed by atoms with Gasteiger partial charge in [-0.15, -0.1) is 24.8 Å². The second kappa shape index (κ2) is 9.84. The van der Waals surface area contributed by atoms with Gasteiger partial charge in [-0.05, 0) is 25.9 Å². The molecule has 1 saturated heterocycles. The fraction of sp³-hybridized carbons (Fsp3) is 0.917. The number of rotatable bonds is 4. The highest BCUT2D eigenvalue weighted by Gasteiger charge is 2.30. The Labute approximate surface area is 123 Å². The minimum atomic E-state index is 0. The molecule has 0 bridgehead atoms. The van der Waals surface area contributed by atoms with Crippen LogP contribution in [0.4, 0.5) is 0 Å². The molecule has 2 unspecified atom stereocenters. The quantitative estimate of drug-likeness (QED) is 0.848. The molecule has 0 aromatic rings. The van der Waals surface area contributed by atoms with Crippen LogP contribution in [0.2, 0.25) is 0 Å². The number of nitrogens with one attached hydrogen (secondary N) is 1. The third kappa shape index (κ3) is 5.31. The van der Waals surface area contributed by atoms with Gasteiger partial charge in [-0.25, -0.2) is 0 Å². The van der Waals surface area contributed by atoms with E-state index in [0.717, 1.165) is 26.1 Å². The molecule has 1 aliphatic heterocycles. The average Bonchev–Trinajstić information content (AvgIpc) is 2.28. The molecule has 0 aromatic carbocycles. The maximum atomic E-state index is 11.8. The van der Waals surface area contributed by atoms with Crippen molar-refractivity contribution in [1.29, 1.82) is 0 Å². The number of nitrogens with zero attached hydrogens (tertiary/aromatic N) is 2. The molecule has 1 N–H and O–H groups in total. The van der Waals surface area contributed by atoms with Gasteiger partial charge in [-0.3, -0.25) is 4.79 Å². The van der Waals surface area contributed by atoms with Crippen molar-refractivity contribution in [2.45, 2.75) is 26.3 Å². The number of amides is 1. The zero-order valence-electron chi connectivity index (χ0n) is 11.8.